The zero-order valence-corrected chi connectivity index (χ0v) is 18.9. The summed E-state index contributed by atoms with van der Waals surface area (Å²) in [4.78, 5) is 25.0. The number of nitrogens with zero attached hydrogens (tertiary/aromatic N) is 3. The first-order chi connectivity index (χ1) is 15.4. The standard InChI is InChI=1S/C22H27N5O4S/c1-12-19(21-26-15-5-3-4-6-18(15)32-21)20(25-16-9-14(11-28)10-17(16)30)27-22(24-12)23-7-8-31-13(2)29/h3-6,14,16-17,28,30H,7-11H2,1-2H3,(H2,23,24,25,27)/t14-,16+,17+/m0/s1. The average Bonchev–Trinajstić information content (AvgIpc) is 3.34. The number of aromatic nitrogens is 3. The Morgan fingerprint density at radius 1 is 1.25 bits per heavy atom. The Kier molecular flexibility index (Phi) is 6.83. The molecule has 0 aliphatic heterocycles. The molecule has 0 radical (unpaired) electrons. The van der Waals surface area contributed by atoms with Crippen molar-refractivity contribution in [1.82, 2.24) is 15.0 Å². The lowest BCUT2D eigenvalue weighted by molar-refractivity contribution is -0.140. The van der Waals surface area contributed by atoms with Gasteiger partial charge in [0.25, 0.3) is 0 Å². The van der Waals surface area contributed by atoms with Crippen molar-refractivity contribution in [2.24, 2.45) is 5.92 Å². The van der Waals surface area contributed by atoms with E-state index in [1.54, 1.807) is 11.3 Å². The average molecular weight is 458 g/mol. The van der Waals surface area contributed by atoms with Crippen LogP contribution < -0.4 is 10.6 Å². The summed E-state index contributed by atoms with van der Waals surface area (Å²) in [7, 11) is 0. The number of para-hydroxylation sites is 1. The summed E-state index contributed by atoms with van der Waals surface area (Å²) in [5.74, 6) is 0.686. The van der Waals surface area contributed by atoms with Gasteiger partial charge in [-0.25, -0.2) is 9.97 Å². The molecule has 0 unspecified atom stereocenters. The van der Waals surface area contributed by atoms with Crippen LogP contribution in [0.5, 0.6) is 0 Å². The Hall–Kier alpha value is -2.82. The first-order valence-electron chi connectivity index (χ1n) is 10.6. The maximum absolute atomic E-state index is 11.0. The number of thiazole rings is 1. The summed E-state index contributed by atoms with van der Waals surface area (Å²) in [5, 5.41) is 27.3. The van der Waals surface area contributed by atoms with Crippen molar-refractivity contribution in [1.29, 1.82) is 0 Å². The third kappa shape index (κ3) is 4.98. The molecule has 9 nitrogen and oxygen atoms in total. The topological polar surface area (TPSA) is 129 Å². The molecule has 0 spiro atoms. The molecule has 1 fully saturated rings. The van der Waals surface area contributed by atoms with E-state index >= 15 is 0 Å². The predicted octanol–water partition coefficient (Wildman–Crippen LogP) is 2.58. The summed E-state index contributed by atoms with van der Waals surface area (Å²) in [6, 6.07) is 7.69. The highest BCUT2D eigenvalue weighted by Crippen LogP contribution is 2.37. The van der Waals surface area contributed by atoms with Gasteiger partial charge in [0, 0.05) is 13.5 Å². The molecule has 32 heavy (non-hydrogen) atoms. The van der Waals surface area contributed by atoms with Crippen LogP contribution in [-0.4, -0.2) is 63.0 Å². The molecule has 0 bridgehead atoms. The fourth-order valence-corrected chi connectivity index (χ4v) is 5.01. The minimum Gasteiger partial charge on any atom is -0.464 e. The number of nitrogens with one attached hydrogen (secondary N) is 2. The van der Waals surface area contributed by atoms with Gasteiger partial charge in [-0.15, -0.1) is 11.3 Å². The minimum absolute atomic E-state index is 0.0473. The fraction of sp³-hybridized carbons (Fsp3) is 0.455. The van der Waals surface area contributed by atoms with Crippen LogP contribution in [0.25, 0.3) is 20.8 Å². The number of aliphatic hydroxyl groups is 2. The zero-order valence-electron chi connectivity index (χ0n) is 18.0. The first kappa shape index (κ1) is 22.4. The molecule has 1 aliphatic carbocycles. The fourth-order valence-electron chi connectivity index (χ4n) is 3.95. The largest absolute Gasteiger partial charge is 0.464 e. The Labute approximate surface area is 189 Å². The number of rotatable bonds is 8. The van der Waals surface area contributed by atoms with E-state index in [0.29, 0.717) is 31.2 Å². The van der Waals surface area contributed by atoms with Gasteiger partial charge in [-0.1, -0.05) is 12.1 Å². The number of esters is 1. The van der Waals surface area contributed by atoms with Gasteiger partial charge in [-0.2, -0.15) is 4.98 Å². The molecule has 10 heteroatoms. The number of fused-ring (bicyclic) bond motifs is 1. The number of anilines is 2. The number of hydrogen-bond donors (Lipinski definition) is 4. The van der Waals surface area contributed by atoms with Gasteiger partial charge in [0.1, 0.15) is 17.4 Å². The first-order valence-corrected chi connectivity index (χ1v) is 11.4. The molecule has 170 valence electrons. The molecule has 0 saturated heterocycles. The molecule has 4 N–H and O–H groups in total. The van der Waals surface area contributed by atoms with Crippen LogP contribution in [-0.2, 0) is 9.53 Å². The number of aliphatic hydroxyl groups excluding tert-OH is 2. The van der Waals surface area contributed by atoms with Crippen LogP contribution in [0.3, 0.4) is 0 Å². The third-order valence-electron chi connectivity index (χ3n) is 5.50. The van der Waals surface area contributed by atoms with E-state index in [-0.39, 0.29) is 31.1 Å². The number of carbonyl (C=O) groups is 1. The van der Waals surface area contributed by atoms with Crippen molar-refractivity contribution < 1.29 is 19.7 Å². The van der Waals surface area contributed by atoms with Gasteiger partial charge < -0.3 is 25.6 Å². The van der Waals surface area contributed by atoms with E-state index in [1.807, 2.05) is 31.2 Å². The van der Waals surface area contributed by atoms with E-state index in [1.165, 1.54) is 6.92 Å². The van der Waals surface area contributed by atoms with Gasteiger partial charge in [-0.3, -0.25) is 4.79 Å². The SMILES string of the molecule is CC(=O)OCCNc1nc(C)c(-c2nc3ccccc3s2)c(N[C@@H]2C[C@H](CO)C[C@H]2O)n1. The molecule has 1 saturated carbocycles. The molecular formula is C22H27N5O4S. The molecule has 2 aromatic heterocycles. The molecule has 2 heterocycles. The monoisotopic (exact) mass is 457 g/mol. The van der Waals surface area contributed by atoms with Crippen molar-refractivity contribution in [3.05, 3.63) is 30.0 Å². The number of ether oxygens (including phenoxy) is 1. The van der Waals surface area contributed by atoms with Crippen LogP contribution in [0, 0.1) is 12.8 Å². The Bertz CT molecular complexity index is 1070. The quantitative estimate of drug-likeness (QED) is 0.298. The van der Waals surface area contributed by atoms with Crippen molar-refractivity contribution in [2.75, 3.05) is 30.4 Å². The van der Waals surface area contributed by atoms with E-state index in [9.17, 15) is 15.0 Å². The molecule has 1 aliphatic rings. The second-order valence-corrected chi connectivity index (χ2v) is 8.98. The van der Waals surface area contributed by atoms with E-state index in [0.717, 1.165) is 26.5 Å². The number of hydrogen-bond acceptors (Lipinski definition) is 10. The van der Waals surface area contributed by atoms with Gasteiger partial charge >= 0.3 is 5.97 Å². The molecule has 3 aromatic rings. The van der Waals surface area contributed by atoms with Crippen LogP contribution in [0.4, 0.5) is 11.8 Å². The summed E-state index contributed by atoms with van der Waals surface area (Å²) >= 11 is 1.56. The van der Waals surface area contributed by atoms with E-state index in [2.05, 4.69) is 20.6 Å². The second kappa shape index (κ2) is 9.76. The van der Waals surface area contributed by atoms with Gasteiger partial charge in [0.2, 0.25) is 5.95 Å². The van der Waals surface area contributed by atoms with Crippen LogP contribution in [0.2, 0.25) is 0 Å². The van der Waals surface area contributed by atoms with Crippen molar-refractivity contribution in [3.63, 3.8) is 0 Å². The summed E-state index contributed by atoms with van der Waals surface area (Å²) < 4.78 is 6.03. The van der Waals surface area contributed by atoms with Crippen LogP contribution >= 0.6 is 11.3 Å². The molecule has 4 rings (SSSR count). The van der Waals surface area contributed by atoms with Crippen LogP contribution in [0.15, 0.2) is 24.3 Å². The van der Waals surface area contributed by atoms with Gasteiger partial charge in [0.05, 0.1) is 40.2 Å². The molecule has 1 aromatic carbocycles. The zero-order chi connectivity index (χ0) is 22.7. The second-order valence-electron chi connectivity index (χ2n) is 7.95. The smallest absolute Gasteiger partial charge is 0.302 e. The van der Waals surface area contributed by atoms with E-state index < -0.39 is 6.10 Å². The lowest BCUT2D eigenvalue weighted by Gasteiger charge is -2.20. The number of benzene rings is 1. The lowest BCUT2D eigenvalue weighted by Crippen LogP contribution is -2.29. The third-order valence-corrected chi connectivity index (χ3v) is 6.55. The Balaban J connectivity index is 1.66. The lowest BCUT2D eigenvalue weighted by atomic mass is 10.1. The van der Waals surface area contributed by atoms with Crippen molar-refractivity contribution in [3.8, 4) is 10.6 Å². The van der Waals surface area contributed by atoms with Crippen molar-refractivity contribution in [2.45, 2.75) is 38.8 Å². The molecular weight excluding hydrogens is 430 g/mol. The van der Waals surface area contributed by atoms with Crippen molar-refractivity contribution >= 4 is 39.3 Å². The minimum atomic E-state index is -0.578. The highest BCUT2D eigenvalue weighted by Gasteiger charge is 2.33. The van der Waals surface area contributed by atoms with E-state index in [4.69, 9.17) is 9.72 Å². The van der Waals surface area contributed by atoms with Gasteiger partial charge in [-0.05, 0) is 37.8 Å². The van der Waals surface area contributed by atoms with Gasteiger partial charge in [0.15, 0.2) is 0 Å². The number of aryl methyl sites for hydroxylation is 1. The summed E-state index contributed by atoms with van der Waals surface area (Å²) in [5.41, 5.74) is 2.43. The Morgan fingerprint density at radius 2 is 2.06 bits per heavy atom. The van der Waals surface area contributed by atoms with Crippen LogP contribution in [0.1, 0.15) is 25.5 Å². The maximum Gasteiger partial charge on any atom is 0.302 e. The summed E-state index contributed by atoms with van der Waals surface area (Å²) in [6.45, 7) is 3.89. The molecule has 0 amide bonds. The number of carbonyl (C=O) groups excluding carboxylic acids is 1. The summed E-state index contributed by atoms with van der Waals surface area (Å²) in [6.07, 6.45) is 0.614. The molecule has 3 atom stereocenters. The highest BCUT2D eigenvalue weighted by atomic mass is 32.1. The Morgan fingerprint density at radius 3 is 2.78 bits per heavy atom. The predicted molar refractivity (Wildman–Crippen MR) is 124 cm³/mol. The maximum atomic E-state index is 11.0. The highest BCUT2D eigenvalue weighted by molar-refractivity contribution is 7.21. The normalized spacial score (nSPS) is 20.4.